The second kappa shape index (κ2) is 6.88. The number of hydrogen-bond donors (Lipinski definition) is 1. The molecule has 0 amide bonds. The lowest BCUT2D eigenvalue weighted by molar-refractivity contribution is -0.113. The third kappa shape index (κ3) is 5.33. The van der Waals surface area contributed by atoms with Crippen molar-refractivity contribution in [3.05, 3.63) is 12.2 Å². The molecule has 0 saturated carbocycles. The molecular formula is C10H17IN2OS. The number of ketones is 1. The van der Waals surface area contributed by atoms with Crippen LogP contribution in [0.2, 0.25) is 0 Å². The molecule has 0 aromatic heterocycles. The molecule has 1 unspecified atom stereocenters. The average molecular weight is 340 g/mol. The summed E-state index contributed by atoms with van der Waals surface area (Å²) in [5, 5.41) is 0. The summed E-state index contributed by atoms with van der Waals surface area (Å²) in [6, 6.07) is 0. The van der Waals surface area contributed by atoms with Crippen molar-refractivity contribution in [1.82, 2.24) is 9.21 Å². The van der Waals surface area contributed by atoms with Crippen LogP contribution in [0, 0.1) is 0 Å². The molecule has 1 atom stereocenters. The Hall–Kier alpha value is 0.410. The van der Waals surface area contributed by atoms with Crippen LogP contribution in [0.25, 0.3) is 0 Å². The molecule has 1 aliphatic heterocycles. The fourth-order valence-electron chi connectivity index (χ4n) is 1.37. The van der Waals surface area contributed by atoms with Gasteiger partial charge in [0.1, 0.15) is 0 Å². The lowest BCUT2D eigenvalue weighted by Crippen LogP contribution is -2.42. The molecule has 0 spiro atoms. The van der Waals surface area contributed by atoms with Crippen LogP contribution in [0.3, 0.4) is 0 Å². The van der Waals surface area contributed by atoms with Crippen LogP contribution in [-0.2, 0) is 4.79 Å². The first kappa shape index (κ1) is 13.5. The average Bonchev–Trinajstić information content (AvgIpc) is 2.20. The summed E-state index contributed by atoms with van der Waals surface area (Å²) in [6.07, 6.45) is 3.66. The standard InChI is InChI=1S/C10H17IN2OS/c1-9(11)10(14)3-2-4-12-5-7-13(15)8-6-12/h2-3,9,15H,4-8H2,1H3/b3-2+. The zero-order chi connectivity index (χ0) is 11.3. The molecule has 1 fully saturated rings. The largest absolute Gasteiger partial charge is 0.297 e. The Kier molecular flexibility index (Phi) is 6.18. The maximum Gasteiger partial charge on any atom is 0.167 e. The van der Waals surface area contributed by atoms with Crippen molar-refractivity contribution >= 4 is 41.2 Å². The normalized spacial score (nSPS) is 22.1. The van der Waals surface area contributed by atoms with Crippen LogP contribution in [0.5, 0.6) is 0 Å². The zero-order valence-corrected chi connectivity index (χ0v) is 11.9. The predicted octanol–water partition coefficient (Wildman–Crippen LogP) is 1.40. The van der Waals surface area contributed by atoms with Crippen LogP contribution in [-0.4, -0.2) is 51.6 Å². The van der Waals surface area contributed by atoms with E-state index in [-0.39, 0.29) is 9.71 Å². The monoisotopic (exact) mass is 340 g/mol. The molecule has 0 bridgehead atoms. The van der Waals surface area contributed by atoms with E-state index in [4.69, 9.17) is 0 Å². The van der Waals surface area contributed by atoms with Crippen LogP contribution in [0.15, 0.2) is 12.2 Å². The highest BCUT2D eigenvalue weighted by Gasteiger charge is 2.12. The molecule has 0 aromatic carbocycles. The molecule has 86 valence electrons. The van der Waals surface area contributed by atoms with Crippen LogP contribution in [0.4, 0.5) is 0 Å². The third-order valence-corrected chi connectivity index (χ3v) is 3.40. The minimum Gasteiger partial charge on any atom is -0.297 e. The molecule has 0 radical (unpaired) electrons. The van der Waals surface area contributed by atoms with Gasteiger partial charge in [-0.25, -0.2) is 0 Å². The van der Waals surface area contributed by atoms with E-state index in [1.54, 1.807) is 6.08 Å². The van der Waals surface area contributed by atoms with Gasteiger partial charge in [-0.05, 0) is 13.0 Å². The van der Waals surface area contributed by atoms with Crippen molar-refractivity contribution in [2.24, 2.45) is 0 Å². The van der Waals surface area contributed by atoms with Gasteiger partial charge >= 0.3 is 0 Å². The molecule has 0 aliphatic carbocycles. The molecular weight excluding hydrogens is 323 g/mol. The summed E-state index contributed by atoms with van der Waals surface area (Å²) in [5.41, 5.74) is 0. The number of halogens is 1. The third-order valence-electron chi connectivity index (χ3n) is 2.39. The predicted molar refractivity (Wildman–Crippen MR) is 74.6 cm³/mol. The highest BCUT2D eigenvalue weighted by Crippen LogP contribution is 2.04. The maximum atomic E-state index is 11.3. The molecule has 0 aromatic rings. The molecule has 3 nitrogen and oxygen atoms in total. The van der Waals surface area contributed by atoms with E-state index in [0.29, 0.717) is 0 Å². The first-order valence-corrected chi connectivity index (χ1v) is 6.75. The number of thiol groups is 1. The lowest BCUT2D eigenvalue weighted by Gasteiger charge is -2.30. The van der Waals surface area contributed by atoms with Gasteiger partial charge in [-0.2, -0.15) is 0 Å². The van der Waals surface area contributed by atoms with Gasteiger partial charge in [0.15, 0.2) is 5.78 Å². The van der Waals surface area contributed by atoms with Gasteiger partial charge in [-0.15, -0.1) is 0 Å². The molecule has 15 heavy (non-hydrogen) atoms. The molecule has 0 N–H and O–H groups in total. The lowest BCUT2D eigenvalue weighted by atomic mass is 10.3. The Labute approximate surface area is 111 Å². The van der Waals surface area contributed by atoms with Gasteiger partial charge in [0.2, 0.25) is 0 Å². The summed E-state index contributed by atoms with van der Waals surface area (Å²) < 4.78 is 2.10. The molecule has 1 heterocycles. The zero-order valence-electron chi connectivity index (χ0n) is 8.90. The van der Waals surface area contributed by atoms with E-state index in [1.165, 1.54) is 0 Å². The van der Waals surface area contributed by atoms with Crippen molar-refractivity contribution in [2.75, 3.05) is 32.7 Å². The Balaban J connectivity index is 2.22. The van der Waals surface area contributed by atoms with Crippen molar-refractivity contribution < 1.29 is 4.79 Å². The summed E-state index contributed by atoms with van der Waals surface area (Å²) in [7, 11) is 0. The van der Waals surface area contributed by atoms with Gasteiger partial charge in [0, 0.05) is 32.7 Å². The van der Waals surface area contributed by atoms with E-state index in [0.717, 1.165) is 32.7 Å². The van der Waals surface area contributed by atoms with E-state index in [1.807, 2.05) is 17.3 Å². The maximum absolute atomic E-state index is 11.3. The van der Waals surface area contributed by atoms with Crippen molar-refractivity contribution in [1.29, 1.82) is 0 Å². The van der Waals surface area contributed by atoms with Gasteiger partial charge in [0.25, 0.3) is 0 Å². The number of hydrogen-bond acceptors (Lipinski definition) is 4. The highest BCUT2D eigenvalue weighted by molar-refractivity contribution is 14.1. The van der Waals surface area contributed by atoms with Gasteiger partial charge in [-0.1, -0.05) is 41.5 Å². The van der Waals surface area contributed by atoms with Crippen molar-refractivity contribution in [2.45, 2.75) is 10.8 Å². The topological polar surface area (TPSA) is 23.6 Å². The number of carbonyl (C=O) groups is 1. The van der Waals surface area contributed by atoms with Gasteiger partial charge in [0.05, 0.1) is 3.92 Å². The fourth-order valence-corrected chi connectivity index (χ4v) is 1.76. The number of carbonyl (C=O) groups excluding carboxylic acids is 1. The highest BCUT2D eigenvalue weighted by atomic mass is 127. The Morgan fingerprint density at radius 3 is 2.60 bits per heavy atom. The van der Waals surface area contributed by atoms with Crippen LogP contribution < -0.4 is 0 Å². The first-order chi connectivity index (χ1) is 7.09. The summed E-state index contributed by atoms with van der Waals surface area (Å²) in [5.74, 6) is 0.198. The fraction of sp³-hybridized carbons (Fsp3) is 0.700. The smallest absolute Gasteiger partial charge is 0.167 e. The van der Waals surface area contributed by atoms with Crippen LogP contribution >= 0.6 is 35.4 Å². The van der Waals surface area contributed by atoms with Gasteiger partial charge < -0.3 is 0 Å². The second-order valence-electron chi connectivity index (χ2n) is 3.68. The summed E-state index contributed by atoms with van der Waals surface area (Å²) in [4.78, 5) is 13.6. The number of piperazine rings is 1. The number of rotatable bonds is 4. The van der Waals surface area contributed by atoms with E-state index in [9.17, 15) is 4.79 Å². The van der Waals surface area contributed by atoms with Crippen LogP contribution in [0.1, 0.15) is 6.92 Å². The van der Waals surface area contributed by atoms with Crippen molar-refractivity contribution in [3.8, 4) is 0 Å². The summed E-state index contributed by atoms with van der Waals surface area (Å²) in [6.45, 7) is 6.83. The Bertz CT molecular complexity index is 238. The van der Waals surface area contributed by atoms with Crippen molar-refractivity contribution in [3.63, 3.8) is 0 Å². The SMILES string of the molecule is CC(I)C(=O)/C=C/CN1CCN(S)CC1. The number of alkyl halides is 1. The number of allylic oxidation sites excluding steroid dienone is 1. The minimum atomic E-state index is 0.0770. The molecule has 1 aliphatic rings. The first-order valence-electron chi connectivity index (χ1n) is 5.10. The van der Waals surface area contributed by atoms with E-state index < -0.39 is 0 Å². The second-order valence-corrected chi connectivity index (χ2v) is 6.11. The Morgan fingerprint density at radius 1 is 1.47 bits per heavy atom. The van der Waals surface area contributed by atoms with Gasteiger partial charge in [-0.3, -0.25) is 14.0 Å². The molecule has 1 saturated heterocycles. The van der Waals surface area contributed by atoms with E-state index >= 15 is 0 Å². The quantitative estimate of drug-likeness (QED) is 0.362. The molecule has 1 rings (SSSR count). The molecule has 5 heteroatoms. The number of nitrogens with zero attached hydrogens (tertiary/aromatic N) is 2. The summed E-state index contributed by atoms with van der Waals surface area (Å²) >= 11 is 6.42. The van der Waals surface area contributed by atoms with E-state index in [2.05, 4.69) is 40.3 Å². The minimum absolute atomic E-state index is 0.0770. The Morgan fingerprint density at radius 2 is 2.07 bits per heavy atom.